The van der Waals surface area contributed by atoms with Crippen molar-refractivity contribution in [2.24, 2.45) is 0 Å². The van der Waals surface area contributed by atoms with Crippen molar-refractivity contribution in [1.29, 1.82) is 0 Å². The molecule has 2 N–H and O–H groups in total. The lowest BCUT2D eigenvalue weighted by Gasteiger charge is -2.08. The number of carbonyl (C=O) groups is 1. The number of benzene rings is 1. The summed E-state index contributed by atoms with van der Waals surface area (Å²) in [5.41, 5.74) is 0.145. The van der Waals surface area contributed by atoms with Crippen molar-refractivity contribution in [1.82, 2.24) is 5.32 Å². The lowest BCUT2D eigenvalue weighted by Crippen LogP contribution is -2.27. The van der Waals surface area contributed by atoms with E-state index in [2.05, 4.69) is 5.32 Å². The maximum atomic E-state index is 11.7. The van der Waals surface area contributed by atoms with Crippen molar-refractivity contribution in [3.63, 3.8) is 0 Å². The smallest absolute Gasteiger partial charge is 0.255 e. The van der Waals surface area contributed by atoms with Crippen LogP contribution in [0.5, 0.6) is 11.5 Å². The zero-order valence-corrected chi connectivity index (χ0v) is 10.5. The van der Waals surface area contributed by atoms with E-state index >= 15 is 0 Å². The SMILES string of the molecule is COc1cccc(C(=O)NCCS(C)=O)c1O. The van der Waals surface area contributed by atoms with Gasteiger partial charge in [0.2, 0.25) is 0 Å². The summed E-state index contributed by atoms with van der Waals surface area (Å²) in [6.07, 6.45) is 1.56. The molecule has 5 nitrogen and oxygen atoms in total. The summed E-state index contributed by atoms with van der Waals surface area (Å²) in [6, 6.07) is 4.68. The number of amides is 1. The van der Waals surface area contributed by atoms with Gasteiger partial charge in [0, 0.05) is 29.4 Å². The second kappa shape index (κ2) is 6.24. The van der Waals surface area contributed by atoms with Gasteiger partial charge in [-0.05, 0) is 12.1 Å². The fourth-order valence-electron chi connectivity index (χ4n) is 1.27. The van der Waals surface area contributed by atoms with Crippen LogP contribution < -0.4 is 10.1 Å². The van der Waals surface area contributed by atoms with Crippen molar-refractivity contribution in [3.05, 3.63) is 23.8 Å². The molecule has 0 saturated heterocycles. The van der Waals surface area contributed by atoms with Crippen LogP contribution in [0, 0.1) is 0 Å². The van der Waals surface area contributed by atoms with Crippen LogP contribution in [0.15, 0.2) is 18.2 Å². The first-order valence-electron chi connectivity index (χ1n) is 5.00. The molecule has 1 aromatic carbocycles. The van der Waals surface area contributed by atoms with Gasteiger partial charge in [-0.1, -0.05) is 6.07 Å². The number of ether oxygens (including phenoxy) is 1. The van der Waals surface area contributed by atoms with Gasteiger partial charge in [0.05, 0.1) is 12.7 Å². The van der Waals surface area contributed by atoms with E-state index in [4.69, 9.17) is 4.74 Å². The zero-order chi connectivity index (χ0) is 12.8. The average molecular weight is 257 g/mol. The van der Waals surface area contributed by atoms with Gasteiger partial charge in [-0.15, -0.1) is 0 Å². The Bertz CT molecular complexity index is 433. The van der Waals surface area contributed by atoms with Crippen LogP contribution in [0.25, 0.3) is 0 Å². The van der Waals surface area contributed by atoms with Crippen molar-refractivity contribution >= 4 is 16.7 Å². The first kappa shape index (κ1) is 13.5. The van der Waals surface area contributed by atoms with Gasteiger partial charge in [-0.3, -0.25) is 9.00 Å². The van der Waals surface area contributed by atoms with Crippen LogP contribution in [0.1, 0.15) is 10.4 Å². The van der Waals surface area contributed by atoms with E-state index in [1.165, 1.54) is 13.2 Å². The lowest BCUT2D eigenvalue weighted by molar-refractivity contribution is 0.0953. The first-order chi connectivity index (χ1) is 8.06. The van der Waals surface area contributed by atoms with E-state index in [1.54, 1.807) is 18.4 Å². The normalized spacial score (nSPS) is 11.9. The lowest BCUT2D eigenvalue weighted by atomic mass is 10.1. The molecule has 17 heavy (non-hydrogen) atoms. The van der Waals surface area contributed by atoms with E-state index in [0.717, 1.165) is 0 Å². The number of phenols is 1. The second-order valence-corrected chi connectivity index (χ2v) is 4.94. The van der Waals surface area contributed by atoms with Crippen molar-refractivity contribution in [2.45, 2.75) is 0 Å². The van der Waals surface area contributed by atoms with E-state index in [1.807, 2.05) is 0 Å². The molecule has 1 unspecified atom stereocenters. The number of rotatable bonds is 5. The first-order valence-corrected chi connectivity index (χ1v) is 6.73. The van der Waals surface area contributed by atoms with Crippen LogP contribution in [0.4, 0.5) is 0 Å². The fraction of sp³-hybridized carbons (Fsp3) is 0.364. The molecule has 1 rings (SSSR count). The van der Waals surface area contributed by atoms with Crippen molar-refractivity contribution < 1.29 is 18.8 Å². The Morgan fingerprint density at radius 2 is 2.24 bits per heavy atom. The topological polar surface area (TPSA) is 75.6 Å². The van der Waals surface area contributed by atoms with Gasteiger partial charge in [-0.25, -0.2) is 0 Å². The monoisotopic (exact) mass is 257 g/mol. The molecule has 1 atom stereocenters. The van der Waals surface area contributed by atoms with Gasteiger partial charge in [-0.2, -0.15) is 0 Å². The maximum absolute atomic E-state index is 11.7. The summed E-state index contributed by atoms with van der Waals surface area (Å²) in [7, 11) is 0.462. The summed E-state index contributed by atoms with van der Waals surface area (Å²) < 4.78 is 15.7. The molecule has 0 aliphatic carbocycles. The average Bonchev–Trinajstić information content (AvgIpc) is 2.28. The van der Waals surface area contributed by atoms with Gasteiger partial charge in [0.15, 0.2) is 11.5 Å². The summed E-state index contributed by atoms with van der Waals surface area (Å²) in [6.45, 7) is 0.304. The molecule has 0 aliphatic rings. The van der Waals surface area contributed by atoms with Gasteiger partial charge < -0.3 is 15.2 Å². The third-order valence-electron chi connectivity index (χ3n) is 2.14. The summed E-state index contributed by atoms with van der Waals surface area (Å²) in [4.78, 5) is 11.7. The third kappa shape index (κ3) is 3.74. The van der Waals surface area contributed by atoms with E-state index in [0.29, 0.717) is 12.3 Å². The number of nitrogens with one attached hydrogen (secondary N) is 1. The Morgan fingerprint density at radius 1 is 1.53 bits per heavy atom. The molecule has 0 bridgehead atoms. The van der Waals surface area contributed by atoms with Crippen molar-refractivity contribution in [3.8, 4) is 11.5 Å². The number of para-hydroxylation sites is 1. The Balaban J connectivity index is 2.72. The van der Waals surface area contributed by atoms with Crippen LogP contribution >= 0.6 is 0 Å². The summed E-state index contributed by atoms with van der Waals surface area (Å²) in [5, 5.41) is 12.3. The molecule has 94 valence electrons. The molecular formula is C11H15NO4S. The maximum Gasteiger partial charge on any atom is 0.255 e. The van der Waals surface area contributed by atoms with Crippen molar-refractivity contribution in [2.75, 3.05) is 25.7 Å². The standard InChI is InChI=1S/C11H15NO4S/c1-16-9-5-3-4-8(10(9)13)11(14)12-6-7-17(2)15/h3-5,13H,6-7H2,1-2H3,(H,12,14). The highest BCUT2D eigenvalue weighted by atomic mass is 32.2. The highest BCUT2D eigenvalue weighted by Gasteiger charge is 2.14. The van der Waals surface area contributed by atoms with E-state index in [9.17, 15) is 14.1 Å². The number of hydrogen-bond acceptors (Lipinski definition) is 4. The Hall–Kier alpha value is -1.56. The quantitative estimate of drug-likeness (QED) is 0.806. The predicted molar refractivity (Wildman–Crippen MR) is 65.9 cm³/mol. The highest BCUT2D eigenvalue weighted by Crippen LogP contribution is 2.28. The molecule has 0 aliphatic heterocycles. The largest absolute Gasteiger partial charge is 0.504 e. The number of phenolic OH excluding ortho intramolecular Hbond substituents is 1. The molecule has 6 heteroatoms. The minimum absolute atomic E-state index is 0.145. The van der Waals surface area contributed by atoms with E-state index < -0.39 is 16.7 Å². The molecule has 0 saturated carbocycles. The second-order valence-electron chi connectivity index (χ2n) is 3.39. The fourth-order valence-corrected chi connectivity index (χ4v) is 1.66. The predicted octanol–water partition coefficient (Wildman–Crippen LogP) is 0.509. The highest BCUT2D eigenvalue weighted by molar-refractivity contribution is 7.84. The molecule has 0 fully saturated rings. The van der Waals surface area contributed by atoms with Crippen LogP contribution in [-0.4, -0.2) is 40.9 Å². The number of methoxy groups -OCH3 is 1. The molecule has 0 aromatic heterocycles. The summed E-state index contributed by atoms with van der Waals surface area (Å²) in [5.74, 6) is 0.0323. The Morgan fingerprint density at radius 3 is 2.82 bits per heavy atom. The molecule has 0 spiro atoms. The van der Waals surface area contributed by atoms with Crippen LogP contribution in [-0.2, 0) is 10.8 Å². The number of carbonyl (C=O) groups excluding carboxylic acids is 1. The Labute approximate surface area is 102 Å². The van der Waals surface area contributed by atoms with Crippen LogP contribution in [0.3, 0.4) is 0 Å². The molecule has 1 aromatic rings. The van der Waals surface area contributed by atoms with Gasteiger partial charge in [0.1, 0.15) is 0 Å². The minimum Gasteiger partial charge on any atom is -0.504 e. The zero-order valence-electron chi connectivity index (χ0n) is 9.73. The Kier molecular flexibility index (Phi) is 4.96. The van der Waals surface area contributed by atoms with Gasteiger partial charge >= 0.3 is 0 Å². The minimum atomic E-state index is -0.952. The number of hydrogen-bond donors (Lipinski definition) is 2. The van der Waals surface area contributed by atoms with Crippen LogP contribution in [0.2, 0.25) is 0 Å². The van der Waals surface area contributed by atoms with Gasteiger partial charge in [0.25, 0.3) is 5.91 Å². The van der Waals surface area contributed by atoms with E-state index in [-0.39, 0.29) is 17.1 Å². The molecule has 1 amide bonds. The third-order valence-corrected chi connectivity index (χ3v) is 2.92. The molecule has 0 radical (unpaired) electrons. The molecule has 0 heterocycles. The summed E-state index contributed by atoms with van der Waals surface area (Å²) >= 11 is 0. The number of aromatic hydroxyl groups is 1. The molecular weight excluding hydrogens is 242 g/mol.